The second-order valence-corrected chi connectivity index (χ2v) is 7.06. The summed E-state index contributed by atoms with van der Waals surface area (Å²) in [6, 6.07) is 13.2. The van der Waals surface area contributed by atoms with Gasteiger partial charge in [-0.15, -0.1) is 0 Å². The molecule has 3 rings (SSSR count). The maximum atomic E-state index is 13.2. The fourth-order valence-corrected chi connectivity index (χ4v) is 3.21. The van der Waals surface area contributed by atoms with E-state index >= 15 is 0 Å². The average molecular weight is 376 g/mol. The van der Waals surface area contributed by atoms with Crippen molar-refractivity contribution in [2.24, 2.45) is 0 Å². The van der Waals surface area contributed by atoms with Gasteiger partial charge in [-0.3, -0.25) is 9.36 Å². The monoisotopic (exact) mass is 375 g/mol. The number of amides is 1. The van der Waals surface area contributed by atoms with Crippen LogP contribution < -0.4 is 5.32 Å². The van der Waals surface area contributed by atoms with Gasteiger partial charge in [0.1, 0.15) is 5.82 Å². The van der Waals surface area contributed by atoms with Crippen LogP contribution in [0.5, 0.6) is 0 Å². The minimum Gasteiger partial charge on any atom is -0.325 e. The van der Waals surface area contributed by atoms with E-state index in [0.717, 1.165) is 5.69 Å². The Balaban J connectivity index is 1.71. The van der Waals surface area contributed by atoms with Gasteiger partial charge in [-0.05, 0) is 49.4 Å². The zero-order valence-electron chi connectivity index (χ0n) is 13.3. The number of imidazole rings is 1. The number of halogens is 2. The molecule has 1 heterocycles. The van der Waals surface area contributed by atoms with E-state index in [2.05, 4.69) is 10.3 Å². The van der Waals surface area contributed by atoms with Crippen LogP contribution in [0, 0.1) is 5.82 Å². The van der Waals surface area contributed by atoms with E-state index in [9.17, 15) is 9.18 Å². The molecule has 2 aromatic carbocycles. The number of carbonyl (C=O) groups is 1. The third-order valence-electron chi connectivity index (χ3n) is 3.46. The average Bonchev–Trinajstić information content (AvgIpc) is 3.03. The van der Waals surface area contributed by atoms with Crippen molar-refractivity contribution >= 4 is 35.0 Å². The molecule has 0 radical (unpaired) electrons. The largest absolute Gasteiger partial charge is 0.325 e. The van der Waals surface area contributed by atoms with Crippen molar-refractivity contribution in [3.05, 3.63) is 71.8 Å². The van der Waals surface area contributed by atoms with E-state index in [1.54, 1.807) is 37.4 Å². The summed E-state index contributed by atoms with van der Waals surface area (Å²) in [5, 5.41) is 3.64. The molecule has 0 saturated carbocycles. The van der Waals surface area contributed by atoms with Crippen LogP contribution in [-0.2, 0) is 4.79 Å². The molecule has 0 bridgehead atoms. The van der Waals surface area contributed by atoms with E-state index < -0.39 is 11.1 Å². The second kappa shape index (κ2) is 7.72. The van der Waals surface area contributed by atoms with Gasteiger partial charge in [0.2, 0.25) is 5.91 Å². The van der Waals surface area contributed by atoms with Crippen LogP contribution in [0.2, 0.25) is 5.02 Å². The highest BCUT2D eigenvalue weighted by molar-refractivity contribution is 8.00. The van der Waals surface area contributed by atoms with Crippen molar-refractivity contribution in [2.75, 3.05) is 5.32 Å². The SMILES string of the molecule is C[C@@H](Sc1nccn1-c1ccc(Cl)cc1)C(=O)Nc1cccc(F)c1. The van der Waals surface area contributed by atoms with Gasteiger partial charge in [0, 0.05) is 28.8 Å². The first-order valence-corrected chi connectivity index (χ1v) is 8.81. The predicted molar refractivity (Wildman–Crippen MR) is 98.9 cm³/mol. The number of carbonyl (C=O) groups excluding carboxylic acids is 1. The van der Waals surface area contributed by atoms with Crippen LogP contribution in [0.1, 0.15) is 6.92 Å². The van der Waals surface area contributed by atoms with Crippen molar-refractivity contribution < 1.29 is 9.18 Å². The fourth-order valence-electron chi connectivity index (χ4n) is 2.20. The van der Waals surface area contributed by atoms with Crippen LogP contribution >= 0.6 is 23.4 Å². The van der Waals surface area contributed by atoms with Crippen molar-refractivity contribution in [1.29, 1.82) is 0 Å². The molecule has 0 unspecified atom stereocenters. The lowest BCUT2D eigenvalue weighted by atomic mass is 10.3. The minimum atomic E-state index is -0.406. The molecule has 25 heavy (non-hydrogen) atoms. The van der Waals surface area contributed by atoms with E-state index in [1.807, 2.05) is 22.9 Å². The number of hydrogen-bond acceptors (Lipinski definition) is 3. The molecule has 0 fully saturated rings. The standard InChI is InChI=1S/C18H15ClFN3OS/c1-12(17(24)22-15-4-2-3-14(20)11-15)25-18-21-9-10-23(18)16-7-5-13(19)6-8-16/h2-12H,1H3,(H,22,24)/t12-/m1/s1. The first kappa shape index (κ1) is 17.5. The smallest absolute Gasteiger partial charge is 0.237 e. The molecular formula is C18H15ClFN3OS. The molecule has 0 aliphatic carbocycles. The number of benzene rings is 2. The highest BCUT2D eigenvalue weighted by Crippen LogP contribution is 2.26. The maximum absolute atomic E-state index is 13.2. The van der Waals surface area contributed by atoms with E-state index in [-0.39, 0.29) is 5.91 Å². The Bertz CT molecular complexity index is 882. The summed E-state index contributed by atoms with van der Waals surface area (Å²) in [6.45, 7) is 1.78. The number of thioether (sulfide) groups is 1. The lowest BCUT2D eigenvalue weighted by Crippen LogP contribution is -2.22. The zero-order valence-corrected chi connectivity index (χ0v) is 14.9. The number of anilines is 1. The number of nitrogens with one attached hydrogen (secondary N) is 1. The van der Waals surface area contributed by atoms with Gasteiger partial charge >= 0.3 is 0 Å². The third-order valence-corrected chi connectivity index (χ3v) is 4.79. The zero-order chi connectivity index (χ0) is 17.8. The number of aromatic nitrogens is 2. The van der Waals surface area contributed by atoms with E-state index in [4.69, 9.17) is 11.6 Å². The second-order valence-electron chi connectivity index (χ2n) is 5.32. The van der Waals surface area contributed by atoms with Crippen LogP contribution in [0.4, 0.5) is 10.1 Å². The lowest BCUT2D eigenvalue weighted by Gasteiger charge is -2.13. The number of hydrogen-bond donors (Lipinski definition) is 1. The molecule has 1 N–H and O–H groups in total. The van der Waals surface area contributed by atoms with Gasteiger partial charge in [0.25, 0.3) is 0 Å². The lowest BCUT2D eigenvalue weighted by molar-refractivity contribution is -0.115. The molecule has 0 aliphatic heterocycles. The highest BCUT2D eigenvalue weighted by Gasteiger charge is 2.18. The van der Waals surface area contributed by atoms with Gasteiger partial charge in [0.05, 0.1) is 5.25 Å². The summed E-state index contributed by atoms with van der Waals surface area (Å²) >= 11 is 7.24. The van der Waals surface area contributed by atoms with E-state index in [1.165, 1.54) is 23.9 Å². The summed E-state index contributed by atoms with van der Waals surface area (Å²) in [6.07, 6.45) is 3.50. The summed E-state index contributed by atoms with van der Waals surface area (Å²) in [5.41, 5.74) is 1.33. The van der Waals surface area contributed by atoms with Crippen LogP contribution in [0.25, 0.3) is 5.69 Å². The minimum absolute atomic E-state index is 0.221. The molecule has 4 nitrogen and oxygen atoms in total. The Morgan fingerprint density at radius 3 is 2.76 bits per heavy atom. The molecule has 0 spiro atoms. The Kier molecular flexibility index (Phi) is 5.40. The summed E-state index contributed by atoms with van der Waals surface area (Å²) in [5.74, 6) is -0.613. The van der Waals surface area contributed by atoms with Gasteiger partial charge in [-0.25, -0.2) is 9.37 Å². The van der Waals surface area contributed by atoms with Crippen LogP contribution in [0.3, 0.4) is 0 Å². The molecular weight excluding hydrogens is 361 g/mol. The molecule has 7 heteroatoms. The molecule has 3 aromatic rings. The van der Waals surface area contributed by atoms with Crippen molar-refractivity contribution in [3.63, 3.8) is 0 Å². The molecule has 0 saturated heterocycles. The van der Waals surface area contributed by atoms with Gasteiger partial charge in [0.15, 0.2) is 5.16 Å². The number of rotatable bonds is 5. The summed E-state index contributed by atoms with van der Waals surface area (Å²) < 4.78 is 15.1. The molecule has 1 amide bonds. The quantitative estimate of drug-likeness (QED) is 0.652. The first-order valence-electron chi connectivity index (χ1n) is 7.55. The van der Waals surface area contributed by atoms with Gasteiger partial charge < -0.3 is 5.32 Å². The Labute approximate surface area is 154 Å². The maximum Gasteiger partial charge on any atom is 0.237 e. The van der Waals surface area contributed by atoms with E-state index in [0.29, 0.717) is 15.9 Å². The highest BCUT2D eigenvalue weighted by atomic mass is 35.5. The Hall–Kier alpha value is -2.31. The van der Waals surface area contributed by atoms with Gasteiger partial charge in [-0.1, -0.05) is 29.4 Å². The van der Waals surface area contributed by atoms with Crippen molar-refractivity contribution in [3.8, 4) is 5.69 Å². The normalized spacial score (nSPS) is 12.0. The number of nitrogens with zero attached hydrogens (tertiary/aromatic N) is 2. The molecule has 1 atom stereocenters. The Morgan fingerprint density at radius 2 is 2.04 bits per heavy atom. The summed E-state index contributed by atoms with van der Waals surface area (Å²) in [7, 11) is 0. The molecule has 128 valence electrons. The fraction of sp³-hybridized carbons (Fsp3) is 0.111. The first-order chi connectivity index (χ1) is 12.0. The predicted octanol–water partition coefficient (Wildman–Crippen LogP) is 4.78. The van der Waals surface area contributed by atoms with Crippen molar-refractivity contribution in [2.45, 2.75) is 17.3 Å². The Morgan fingerprint density at radius 1 is 1.28 bits per heavy atom. The topological polar surface area (TPSA) is 46.9 Å². The van der Waals surface area contributed by atoms with Crippen LogP contribution in [-0.4, -0.2) is 20.7 Å². The summed E-state index contributed by atoms with van der Waals surface area (Å²) in [4.78, 5) is 16.6. The molecule has 0 aliphatic rings. The van der Waals surface area contributed by atoms with Gasteiger partial charge in [-0.2, -0.15) is 0 Å². The van der Waals surface area contributed by atoms with Crippen LogP contribution in [0.15, 0.2) is 66.1 Å². The molecule has 1 aromatic heterocycles. The van der Waals surface area contributed by atoms with Crippen molar-refractivity contribution in [1.82, 2.24) is 9.55 Å². The third kappa shape index (κ3) is 4.41.